The third-order valence-corrected chi connectivity index (χ3v) is 3.63. The van der Waals surface area contributed by atoms with Gasteiger partial charge in [-0.25, -0.2) is 4.79 Å². The number of fused-ring (bicyclic) bond motifs is 1. The van der Waals surface area contributed by atoms with Crippen LogP contribution in [0.5, 0.6) is 0 Å². The zero-order valence-corrected chi connectivity index (χ0v) is 14.0. The Morgan fingerprint density at radius 1 is 1.24 bits per heavy atom. The van der Waals surface area contributed by atoms with Gasteiger partial charge in [0.25, 0.3) is 0 Å². The number of amides is 2. The van der Waals surface area contributed by atoms with Gasteiger partial charge in [-0.2, -0.15) is 0 Å². The van der Waals surface area contributed by atoms with Crippen LogP contribution in [0.4, 0.5) is 10.5 Å². The number of hydrogen-bond donors (Lipinski definition) is 2. The van der Waals surface area contributed by atoms with Gasteiger partial charge >= 0.3 is 6.03 Å². The molecule has 5 nitrogen and oxygen atoms in total. The Balaban J connectivity index is 2.00. The van der Waals surface area contributed by atoms with Crippen molar-refractivity contribution >= 4 is 33.5 Å². The number of carbonyl (C=O) groups excluding carboxylic acids is 1. The summed E-state index contributed by atoms with van der Waals surface area (Å²) in [5.41, 5.74) is 1.40. The maximum absolute atomic E-state index is 12.1. The maximum atomic E-state index is 12.1. The second-order valence-corrected chi connectivity index (χ2v) is 7.94. The molecule has 0 aliphatic carbocycles. The monoisotopic (exact) mass is 306 g/mol. The molecule has 114 valence electrons. The predicted octanol–water partition coefficient (Wildman–Crippen LogP) is 4.03. The Bertz CT molecular complexity index is 642. The van der Waals surface area contributed by atoms with Crippen molar-refractivity contribution in [2.45, 2.75) is 46.6 Å². The summed E-state index contributed by atoms with van der Waals surface area (Å²) in [5.74, 6) is 0. The van der Waals surface area contributed by atoms with Crippen molar-refractivity contribution in [1.29, 1.82) is 0 Å². The molecule has 0 atom stereocenters. The first-order valence-electron chi connectivity index (χ1n) is 6.96. The van der Waals surface area contributed by atoms with E-state index in [2.05, 4.69) is 41.0 Å². The zero-order chi connectivity index (χ0) is 15.7. The van der Waals surface area contributed by atoms with E-state index in [4.69, 9.17) is 0 Å². The van der Waals surface area contributed by atoms with Crippen LogP contribution in [0.25, 0.3) is 10.2 Å². The van der Waals surface area contributed by atoms with E-state index in [0.717, 1.165) is 22.3 Å². The number of anilines is 1. The lowest BCUT2D eigenvalue weighted by molar-refractivity contribution is 0.220. The first-order valence-corrected chi connectivity index (χ1v) is 7.73. The average molecular weight is 306 g/mol. The number of urea groups is 1. The lowest BCUT2D eigenvalue weighted by atomic mass is 9.82. The van der Waals surface area contributed by atoms with Gasteiger partial charge in [-0.1, -0.05) is 25.3 Å². The van der Waals surface area contributed by atoms with Crippen LogP contribution >= 0.6 is 11.5 Å². The Morgan fingerprint density at radius 3 is 2.62 bits per heavy atom. The van der Waals surface area contributed by atoms with E-state index < -0.39 is 0 Å². The van der Waals surface area contributed by atoms with E-state index in [0.29, 0.717) is 0 Å². The first kappa shape index (κ1) is 15.7. The van der Waals surface area contributed by atoms with Crippen molar-refractivity contribution in [3.8, 4) is 0 Å². The second kappa shape index (κ2) is 5.60. The molecule has 0 aliphatic rings. The third kappa shape index (κ3) is 4.67. The molecule has 1 aromatic heterocycles. The summed E-state index contributed by atoms with van der Waals surface area (Å²) in [6, 6.07) is 5.40. The van der Waals surface area contributed by atoms with Crippen LogP contribution in [-0.2, 0) is 0 Å². The summed E-state index contributed by atoms with van der Waals surface area (Å²) < 4.78 is 4.89. The normalized spacial score (nSPS) is 12.4. The van der Waals surface area contributed by atoms with Crippen molar-refractivity contribution in [3.05, 3.63) is 18.2 Å². The quantitative estimate of drug-likeness (QED) is 0.899. The molecule has 2 aromatic rings. The molecule has 0 radical (unpaired) electrons. The highest BCUT2D eigenvalue weighted by atomic mass is 32.1. The SMILES string of the molecule is CC(C)(C)CC(C)(C)NC(=O)Nc1ccc2snnc2c1. The summed E-state index contributed by atoms with van der Waals surface area (Å²) in [7, 11) is 0. The van der Waals surface area contributed by atoms with Crippen molar-refractivity contribution in [3.63, 3.8) is 0 Å². The van der Waals surface area contributed by atoms with Gasteiger partial charge in [-0.3, -0.25) is 0 Å². The number of benzene rings is 1. The van der Waals surface area contributed by atoms with Gasteiger partial charge in [0.15, 0.2) is 0 Å². The lowest BCUT2D eigenvalue weighted by Crippen LogP contribution is -2.47. The zero-order valence-electron chi connectivity index (χ0n) is 13.2. The smallest absolute Gasteiger partial charge is 0.319 e. The Morgan fingerprint density at radius 2 is 1.95 bits per heavy atom. The molecule has 6 heteroatoms. The van der Waals surface area contributed by atoms with Gasteiger partial charge in [0.1, 0.15) is 5.52 Å². The molecule has 0 saturated heterocycles. The fraction of sp³-hybridized carbons (Fsp3) is 0.533. The second-order valence-electron chi connectivity index (χ2n) is 7.16. The topological polar surface area (TPSA) is 66.9 Å². The predicted molar refractivity (Wildman–Crippen MR) is 87.7 cm³/mol. The summed E-state index contributed by atoms with van der Waals surface area (Å²) in [6.45, 7) is 10.6. The Hall–Kier alpha value is -1.69. The molecule has 0 fully saturated rings. The molecule has 2 N–H and O–H groups in total. The maximum Gasteiger partial charge on any atom is 0.319 e. The van der Waals surface area contributed by atoms with Gasteiger partial charge in [0.05, 0.1) is 4.70 Å². The van der Waals surface area contributed by atoms with Crippen molar-refractivity contribution in [2.24, 2.45) is 5.41 Å². The summed E-state index contributed by atoms with van der Waals surface area (Å²) in [5, 5.41) is 9.88. The molecule has 1 aromatic carbocycles. The molecular weight excluding hydrogens is 284 g/mol. The fourth-order valence-electron chi connectivity index (χ4n) is 2.70. The van der Waals surface area contributed by atoms with E-state index in [1.54, 1.807) is 0 Å². The van der Waals surface area contributed by atoms with E-state index in [1.807, 2.05) is 32.0 Å². The Labute approximate surface area is 129 Å². The van der Waals surface area contributed by atoms with E-state index in [9.17, 15) is 4.79 Å². The number of nitrogens with zero attached hydrogens (tertiary/aromatic N) is 2. The summed E-state index contributed by atoms with van der Waals surface area (Å²) >= 11 is 1.34. The molecule has 0 unspecified atom stereocenters. The summed E-state index contributed by atoms with van der Waals surface area (Å²) in [6.07, 6.45) is 0.891. The fourth-order valence-corrected chi connectivity index (χ4v) is 3.24. The minimum atomic E-state index is -0.269. The van der Waals surface area contributed by atoms with Crippen LogP contribution in [0.1, 0.15) is 41.0 Å². The van der Waals surface area contributed by atoms with Crippen molar-refractivity contribution in [1.82, 2.24) is 14.9 Å². The molecule has 0 saturated carbocycles. The molecule has 0 bridgehead atoms. The van der Waals surface area contributed by atoms with Crippen molar-refractivity contribution < 1.29 is 4.79 Å². The van der Waals surface area contributed by atoms with Crippen LogP contribution in [0.15, 0.2) is 18.2 Å². The lowest BCUT2D eigenvalue weighted by Gasteiger charge is -2.33. The minimum absolute atomic E-state index is 0.155. The highest BCUT2D eigenvalue weighted by Gasteiger charge is 2.27. The number of rotatable bonds is 3. The van der Waals surface area contributed by atoms with E-state index in [1.165, 1.54) is 11.5 Å². The highest BCUT2D eigenvalue weighted by Crippen LogP contribution is 2.27. The van der Waals surface area contributed by atoms with Crippen LogP contribution in [0.2, 0.25) is 0 Å². The van der Waals surface area contributed by atoms with Crippen LogP contribution in [-0.4, -0.2) is 21.2 Å². The van der Waals surface area contributed by atoms with Crippen LogP contribution < -0.4 is 10.6 Å². The number of nitrogens with one attached hydrogen (secondary N) is 2. The number of carbonyl (C=O) groups is 1. The van der Waals surface area contributed by atoms with Crippen molar-refractivity contribution in [2.75, 3.05) is 5.32 Å². The van der Waals surface area contributed by atoms with Gasteiger partial charge in [-0.05, 0) is 55.4 Å². The standard InChI is InChI=1S/C15H22N4OS/c1-14(2,3)9-15(4,5)17-13(20)16-10-6-7-12-11(8-10)18-19-21-12/h6-8H,9H2,1-5H3,(H2,16,17,20). The van der Waals surface area contributed by atoms with Gasteiger partial charge in [-0.15, -0.1) is 5.10 Å². The first-order chi connectivity index (χ1) is 9.65. The molecule has 21 heavy (non-hydrogen) atoms. The number of hydrogen-bond acceptors (Lipinski definition) is 4. The minimum Gasteiger partial charge on any atom is -0.333 e. The molecule has 0 aliphatic heterocycles. The molecule has 0 spiro atoms. The summed E-state index contributed by atoms with van der Waals surface area (Å²) in [4.78, 5) is 12.1. The largest absolute Gasteiger partial charge is 0.333 e. The molecular formula is C15H22N4OS. The highest BCUT2D eigenvalue weighted by molar-refractivity contribution is 7.12. The Kier molecular flexibility index (Phi) is 4.18. The van der Waals surface area contributed by atoms with Gasteiger partial charge in [0, 0.05) is 11.2 Å². The molecule has 1 heterocycles. The van der Waals surface area contributed by atoms with E-state index >= 15 is 0 Å². The third-order valence-electron chi connectivity index (χ3n) is 2.93. The van der Waals surface area contributed by atoms with Crippen LogP contribution in [0.3, 0.4) is 0 Å². The molecule has 2 rings (SSSR count). The van der Waals surface area contributed by atoms with Gasteiger partial charge < -0.3 is 10.6 Å². The molecule has 2 amide bonds. The average Bonchev–Trinajstić information content (AvgIpc) is 2.71. The van der Waals surface area contributed by atoms with Gasteiger partial charge in [0.2, 0.25) is 0 Å². The van der Waals surface area contributed by atoms with Crippen LogP contribution in [0, 0.1) is 5.41 Å². The van der Waals surface area contributed by atoms with E-state index in [-0.39, 0.29) is 17.0 Å². The number of aromatic nitrogens is 2.